The van der Waals surface area contributed by atoms with E-state index in [9.17, 15) is 9.59 Å². The zero-order valence-electron chi connectivity index (χ0n) is 13.7. The molecule has 0 radical (unpaired) electrons. The van der Waals surface area contributed by atoms with Crippen molar-refractivity contribution in [3.63, 3.8) is 0 Å². The van der Waals surface area contributed by atoms with Gasteiger partial charge in [0.1, 0.15) is 11.5 Å². The van der Waals surface area contributed by atoms with Gasteiger partial charge >= 0.3 is 0 Å². The molecule has 1 aromatic carbocycles. The number of carbonyl (C=O) groups excluding carboxylic acids is 1. The van der Waals surface area contributed by atoms with E-state index in [0.29, 0.717) is 40.0 Å². The van der Waals surface area contributed by atoms with E-state index in [4.69, 9.17) is 20.9 Å². The Morgan fingerprint density at radius 2 is 2.20 bits per heavy atom. The lowest BCUT2D eigenvalue weighted by atomic mass is 9.92. The summed E-state index contributed by atoms with van der Waals surface area (Å²) in [6, 6.07) is 5.39. The molecule has 0 saturated heterocycles. The van der Waals surface area contributed by atoms with Gasteiger partial charge in [-0.3, -0.25) is 9.59 Å². The van der Waals surface area contributed by atoms with E-state index in [1.54, 1.807) is 17.6 Å². The number of carbonyl (C=O) groups is 1. The Kier molecular flexibility index (Phi) is 4.00. The number of nitrogens with zero attached hydrogens (tertiary/aromatic N) is 2. The van der Waals surface area contributed by atoms with Gasteiger partial charge in [0.25, 0.3) is 12.0 Å². The number of fused-ring (bicyclic) bond motifs is 3. The highest BCUT2D eigenvalue weighted by atomic mass is 35.5. The first-order valence-corrected chi connectivity index (χ1v) is 8.67. The molecular formula is C18H17ClN2O4. The summed E-state index contributed by atoms with van der Waals surface area (Å²) in [4.78, 5) is 23.9. The second kappa shape index (κ2) is 6.19. The zero-order valence-corrected chi connectivity index (χ0v) is 14.5. The van der Waals surface area contributed by atoms with E-state index < -0.39 is 0 Å². The van der Waals surface area contributed by atoms with Gasteiger partial charge in [-0.05, 0) is 38.3 Å². The summed E-state index contributed by atoms with van der Waals surface area (Å²) < 4.78 is 12.3. The van der Waals surface area contributed by atoms with Crippen molar-refractivity contribution >= 4 is 39.9 Å². The molecular weight excluding hydrogens is 344 g/mol. The molecule has 2 unspecified atom stereocenters. The Hall–Kier alpha value is -2.34. The van der Waals surface area contributed by atoms with Crippen molar-refractivity contribution in [2.75, 3.05) is 0 Å². The molecule has 0 bridgehead atoms. The Bertz CT molecular complexity index is 1020. The van der Waals surface area contributed by atoms with E-state index in [2.05, 4.69) is 5.16 Å². The molecule has 0 spiro atoms. The smallest absolute Gasteiger partial charge is 0.293 e. The first-order chi connectivity index (χ1) is 12.1. The monoisotopic (exact) mass is 360 g/mol. The molecule has 3 aromatic rings. The lowest BCUT2D eigenvalue weighted by molar-refractivity contribution is -0.135. The molecule has 6 nitrogen and oxygen atoms in total. The largest absolute Gasteiger partial charge is 0.465 e. The SMILES string of the molecule is Cc1noc2c1c(=O)n(C1CCCC(OC=O)C1)c1cccc(Cl)c21. The van der Waals surface area contributed by atoms with Crippen LogP contribution in [0.5, 0.6) is 0 Å². The molecule has 0 N–H and O–H groups in total. The van der Waals surface area contributed by atoms with Gasteiger partial charge in [-0.25, -0.2) is 0 Å². The van der Waals surface area contributed by atoms with E-state index in [1.165, 1.54) is 0 Å². The van der Waals surface area contributed by atoms with Crippen LogP contribution in [0.15, 0.2) is 27.5 Å². The highest BCUT2D eigenvalue weighted by molar-refractivity contribution is 6.37. The fourth-order valence-electron chi connectivity index (χ4n) is 3.88. The molecule has 25 heavy (non-hydrogen) atoms. The Morgan fingerprint density at radius 1 is 1.36 bits per heavy atom. The van der Waals surface area contributed by atoms with Crippen molar-refractivity contribution in [1.29, 1.82) is 0 Å². The zero-order chi connectivity index (χ0) is 17.6. The van der Waals surface area contributed by atoms with Crippen LogP contribution in [0.2, 0.25) is 5.02 Å². The van der Waals surface area contributed by atoms with Crippen LogP contribution < -0.4 is 5.56 Å². The second-order valence-electron chi connectivity index (χ2n) is 6.46. The van der Waals surface area contributed by atoms with Crippen molar-refractivity contribution in [3.05, 3.63) is 39.3 Å². The van der Waals surface area contributed by atoms with Crippen molar-refractivity contribution < 1.29 is 14.1 Å². The summed E-state index contributed by atoms with van der Waals surface area (Å²) in [5, 5.41) is 5.63. The first-order valence-electron chi connectivity index (χ1n) is 8.29. The number of rotatable bonds is 3. The molecule has 1 aliphatic rings. The minimum absolute atomic E-state index is 0.0640. The molecule has 1 aliphatic carbocycles. The maximum Gasteiger partial charge on any atom is 0.293 e. The van der Waals surface area contributed by atoms with Crippen LogP contribution >= 0.6 is 11.6 Å². The molecule has 1 fully saturated rings. The molecule has 0 aliphatic heterocycles. The van der Waals surface area contributed by atoms with Crippen LogP contribution in [0.4, 0.5) is 0 Å². The van der Waals surface area contributed by atoms with Gasteiger partial charge in [0, 0.05) is 12.5 Å². The van der Waals surface area contributed by atoms with E-state index in [1.807, 2.05) is 12.1 Å². The number of aromatic nitrogens is 2. The predicted octanol–water partition coefficient (Wildman–Crippen LogP) is 3.76. The average Bonchev–Trinajstić information content (AvgIpc) is 2.98. The lowest BCUT2D eigenvalue weighted by Crippen LogP contribution is -2.31. The summed E-state index contributed by atoms with van der Waals surface area (Å²) in [7, 11) is 0. The second-order valence-corrected chi connectivity index (χ2v) is 6.86. The molecule has 2 atom stereocenters. The standard InChI is InChI=1S/C18H17ClN2O4/c1-10-15-17(25-20-10)16-13(19)6-3-7-14(16)21(18(15)23)11-4-2-5-12(8-11)24-9-22/h3,6-7,9,11-12H,2,4-5,8H2,1H3. The van der Waals surface area contributed by atoms with Crippen molar-refractivity contribution in [2.24, 2.45) is 0 Å². The highest BCUT2D eigenvalue weighted by Gasteiger charge is 2.28. The molecule has 1 saturated carbocycles. The minimum Gasteiger partial charge on any atom is -0.465 e. The fraction of sp³-hybridized carbons (Fsp3) is 0.389. The quantitative estimate of drug-likeness (QED) is 0.665. The molecule has 2 aromatic heterocycles. The maximum atomic E-state index is 13.2. The number of benzene rings is 1. The van der Waals surface area contributed by atoms with Gasteiger partial charge in [-0.2, -0.15) is 0 Å². The van der Waals surface area contributed by atoms with Crippen molar-refractivity contribution in [1.82, 2.24) is 9.72 Å². The molecule has 2 heterocycles. The third kappa shape index (κ3) is 2.52. The number of ether oxygens (including phenoxy) is 1. The third-order valence-corrected chi connectivity index (χ3v) is 5.30. The summed E-state index contributed by atoms with van der Waals surface area (Å²) >= 11 is 6.41. The number of hydrogen-bond acceptors (Lipinski definition) is 5. The summed E-state index contributed by atoms with van der Waals surface area (Å²) in [6.07, 6.45) is 2.98. The van der Waals surface area contributed by atoms with Gasteiger partial charge in [0.05, 0.1) is 21.6 Å². The molecule has 7 heteroatoms. The van der Waals surface area contributed by atoms with Crippen LogP contribution in [0.1, 0.15) is 37.4 Å². The van der Waals surface area contributed by atoms with Crippen LogP contribution in [-0.4, -0.2) is 22.3 Å². The first kappa shape index (κ1) is 16.1. The number of halogens is 1. The third-order valence-electron chi connectivity index (χ3n) is 4.99. The van der Waals surface area contributed by atoms with Crippen molar-refractivity contribution in [2.45, 2.75) is 44.8 Å². The van der Waals surface area contributed by atoms with Gasteiger partial charge in [-0.15, -0.1) is 0 Å². The normalized spacial score (nSPS) is 20.9. The van der Waals surface area contributed by atoms with Crippen LogP contribution in [-0.2, 0) is 9.53 Å². The van der Waals surface area contributed by atoms with Crippen LogP contribution in [0.25, 0.3) is 21.9 Å². The van der Waals surface area contributed by atoms with Gasteiger partial charge in [-0.1, -0.05) is 22.8 Å². The predicted molar refractivity (Wildman–Crippen MR) is 94.0 cm³/mol. The van der Waals surface area contributed by atoms with E-state index >= 15 is 0 Å². The topological polar surface area (TPSA) is 74.3 Å². The number of aryl methyl sites for hydroxylation is 1. The van der Waals surface area contributed by atoms with Gasteiger partial charge < -0.3 is 13.8 Å². The average molecular weight is 361 g/mol. The minimum atomic E-state index is -0.170. The summed E-state index contributed by atoms with van der Waals surface area (Å²) in [5.74, 6) is 0. The van der Waals surface area contributed by atoms with Crippen LogP contribution in [0.3, 0.4) is 0 Å². The Labute approximate surface area is 148 Å². The summed E-state index contributed by atoms with van der Waals surface area (Å²) in [5.41, 5.74) is 1.56. The molecule has 0 amide bonds. The van der Waals surface area contributed by atoms with E-state index in [0.717, 1.165) is 24.8 Å². The molecule has 4 rings (SSSR count). The Balaban J connectivity index is 2.00. The van der Waals surface area contributed by atoms with Gasteiger partial charge in [0.15, 0.2) is 5.58 Å². The lowest BCUT2D eigenvalue weighted by Gasteiger charge is -2.30. The highest BCUT2D eigenvalue weighted by Crippen LogP contribution is 2.36. The maximum absolute atomic E-state index is 13.2. The fourth-order valence-corrected chi connectivity index (χ4v) is 4.14. The number of pyridine rings is 1. The molecule has 130 valence electrons. The van der Waals surface area contributed by atoms with Crippen LogP contribution in [0, 0.1) is 6.92 Å². The number of hydrogen-bond donors (Lipinski definition) is 0. The Morgan fingerprint density at radius 3 is 3.00 bits per heavy atom. The van der Waals surface area contributed by atoms with Crippen molar-refractivity contribution in [3.8, 4) is 0 Å². The van der Waals surface area contributed by atoms with Gasteiger partial charge in [0.2, 0.25) is 0 Å². The summed E-state index contributed by atoms with van der Waals surface area (Å²) in [6.45, 7) is 2.23. The van der Waals surface area contributed by atoms with E-state index in [-0.39, 0.29) is 17.7 Å².